The lowest BCUT2D eigenvalue weighted by atomic mass is 10.00. The van der Waals surface area contributed by atoms with Crippen molar-refractivity contribution in [2.24, 2.45) is 0 Å². The number of ether oxygens (including phenoxy) is 2. The molecule has 35 heavy (non-hydrogen) atoms. The number of carbonyl (C=O) groups is 2. The van der Waals surface area contributed by atoms with E-state index in [0.29, 0.717) is 22.5 Å². The van der Waals surface area contributed by atoms with Crippen LogP contribution in [0.1, 0.15) is 38.1 Å². The van der Waals surface area contributed by atoms with Gasteiger partial charge in [0.15, 0.2) is 0 Å². The van der Waals surface area contributed by atoms with E-state index in [1.54, 1.807) is 63.2 Å². The quantitative estimate of drug-likeness (QED) is 0.473. The summed E-state index contributed by atoms with van der Waals surface area (Å²) in [6.07, 6.45) is -0.990. The summed E-state index contributed by atoms with van der Waals surface area (Å²) in [6, 6.07) is 13.4. The Bertz CT molecular complexity index is 1230. The number of aromatic nitrogens is 2. The van der Waals surface area contributed by atoms with Gasteiger partial charge >= 0.3 is 12.2 Å². The first-order valence-electron chi connectivity index (χ1n) is 10.8. The van der Waals surface area contributed by atoms with Crippen molar-refractivity contribution in [1.82, 2.24) is 15.5 Å². The minimum Gasteiger partial charge on any atom is -0.453 e. The molecule has 0 radical (unpaired) electrons. The van der Waals surface area contributed by atoms with Gasteiger partial charge in [-0.3, -0.25) is 10.1 Å². The molecule has 10 heteroatoms. The van der Waals surface area contributed by atoms with E-state index < -0.39 is 29.4 Å². The average molecular weight is 483 g/mol. The second-order valence-corrected chi connectivity index (χ2v) is 8.76. The number of benzene rings is 2. The lowest BCUT2D eigenvalue weighted by Crippen LogP contribution is -2.36. The van der Waals surface area contributed by atoms with Crippen LogP contribution in [0.4, 0.5) is 19.7 Å². The molecule has 0 fully saturated rings. The van der Waals surface area contributed by atoms with Crippen LogP contribution in [0.2, 0.25) is 0 Å². The molecular weight excluding hydrogens is 455 g/mol. The summed E-state index contributed by atoms with van der Waals surface area (Å²) < 4.78 is 23.3. The van der Waals surface area contributed by atoms with Gasteiger partial charge in [-0.2, -0.15) is 5.10 Å². The van der Waals surface area contributed by atoms with Gasteiger partial charge in [0.25, 0.3) is 5.56 Å². The number of methoxy groups -OCH3 is 1. The molecule has 0 aliphatic rings. The third kappa shape index (κ3) is 7.39. The summed E-state index contributed by atoms with van der Waals surface area (Å²) in [5.41, 5.74) is 1.37. The highest BCUT2D eigenvalue weighted by atomic mass is 19.1. The van der Waals surface area contributed by atoms with Gasteiger partial charge in [0.05, 0.1) is 24.4 Å². The molecule has 3 aromatic rings. The molecule has 1 heterocycles. The van der Waals surface area contributed by atoms with Crippen molar-refractivity contribution in [3.05, 3.63) is 82.0 Å². The van der Waals surface area contributed by atoms with Crippen molar-refractivity contribution in [2.75, 3.05) is 12.4 Å². The minimum atomic E-state index is -0.714. The number of hydrogen-bond donors (Lipinski definition) is 3. The number of carbonyl (C=O) groups excluding carboxylic acids is 2. The second-order valence-electron chi connectivity index (χ2n) is 8.76. The van der Waals surface area contributed by atoms with Crippen LogP contribution in [-0.4, -0.2) is 35.1 Å². The Kier molecular flexibility index (Phi) is 7.85. The molecule has 9 nitrogen and oxygen atoms in total. The number of aromatic amines is 1. The molecule has 0 aliphatic heterocycles. The summed E-state index contributed by atoms with van der Waals surface area (Å²) in [6.45, 7) is 5.24. The number of alkyl carbamates (subject to hydrolysis) is 1. The summed E-state index contributed by atoms with van der Waals surface area (Å²) in [7, 11) is 1.26. The molecule has 3 N–H and O–H groups in total. The number of halogens is 1. The molecule has 2 amide bonds. The fourth-order valence-corrected chi connectivity index (χ4v) is 3.25. The molecule has 2 aromatic carbocycles. The summed E-state index contributed by atoms with van der Waals surface area (Å²) in [5, 5.41) is 11.9. The zero-order chi connectivity index (χ0) is 25.6. The molecule has 0 unspecified atom stereocenters. The standard InChI is InChI=1S/C25H27FN4O5/c1-25(2,3)35-24(33)28-20(13-15-5-9-17(26)10-6-15)21-14-19(22(31)30-29-21)16-7-11-18(12-8-16)27-23(32)34-4/h5-12,14,20H,13H2,1-4H3,(H,27,32)(H,28,33)(H,30,31)/t20-/m0/s1. The number of rotatable bonds is 6. The highest BCUT2D eigenvalue weighted by molar-refractivity contribution is 5.85. The Labute approximate surface area is 201 Å². The Morgan fingerprint density at radius 1 is 1.06 bits per heavy atom. The topological polar surface area (TPSA) is 122 Å². The third-order valence-electron chi connectivity index (χ3n) is 4.85. The maximum absolute atomic E-state index is 13.4. The molecule has 0 bridgehead atoms. The van der Waals surface area contributed by atoms with Gasteiger partial charge in [0.2, 0.25) is 0 Å². The van der Waals surface area contributed by atoms with Crippen LogP contribution in [0.5, 0.6) is 0 Å². The predicted octanol–water partition coefficient (Wildman–Crippen LogP) is 4.56. The molecule has 184 valence electrons. The van der Waals surface area contributed by atoms with E-state index in [9.17, 15) is 18.8 Å². The first kappa shape index (κ1) is 25.4. The molecule has 0 aliphatic carbocycles. The second kappa shape index (κ2) is 10.8. The van der Waals surface area contributed by atoms with E-state index in [1.807, 2.05) is 0 Å². The molecule has 1 atom stereocenters. The van der Waals surface area contributed by atoms with Crippen LogP contribution in [-0.2, 0) is 15.9 Å². The first-order valence-corrected chi connectivity index (χ1v) is 10.8. The number of H-pyrrole nitrogens is 1. The zero-order valence-electron chi connectivity index (χ0n) is 19.8. The molecular formula is C25H27FN4O5. The van der Waals surface area contributed by atoms with Gasteiger partial charge in [-0.25, -0.2) is 19.1 Å². The maximum Gasteiger partial charge on any atom is 0.411 e. The number of hydrogen-bond acceptors (Lipinski definition) is 6. The fraction of sp³-hybridized carbons (Fsp3) is 0.280. The Morgan fingerprint density at radius 2 is 1.71 bits per heavy atom. The van der Waals surface area contributed by atoms with E-state index >= 15 is 0 Å². The van der Waals surface area contributed by atoms with Crippen LogP contribution >= 0.6 is 0 Å². The lowest BCUT2D eigenvalue weighted by molar-refractivity contribution is 0.0502. The number of amides is 2. The van der Waals surface area contributed by atoms with Crippen molar-refractivity contribution in [3.8, 4) is 11.1 Å². The van der Waals surface area contributed by atoms with Crippen LogP contribution in [0.3, 0.4) is 0 Å². The smallest absolute Gasteiger partial charge is 0.411 e. The van der Waals surface area contributed by atoms with E-state index in [2.05, 4.69) is 25.6 Å². The van der Waals surface area contributed by atoms with Gasteiger partial charge in [0.1, 0.15) is 11.4 Å². The Balaban J connectivity index is 1.92. The average Bonchev–Trinajstić information content (AvgIpc) is 2.80. The van der Waals surface area contributed by atoms with Crippen molar-refractivity contribution < 1.29 is 23.5 Å². The SMILES string of the molecule is COC(=O)Nc1ccc(-c2cc([C@H](Cc3ccc(F)cc3)NC(=O)OC(C)(C)C)n[nH]c2=O)cc1. The summed E-state index contributed by atoms with van der Waals surface area (Å²) in [5.74, 6) is -0.375. The van der Waals surface area contributed by atoms with Crippen molar-refractivity contribution in [2.45, 2.75) is 38.8 Å². The number of nitrogens with zero attached hydrogens (tertiary/aromatic N) is 1. The van der Waals surface area contributed by atoms with E-state index in [4.69, 9.17) is 4.74 Å². The largest absolute Gasteiger partial charge is 0.453 e. The number of nitrogens with one attached hydrogen (secondary N) is 3. The monoisotopic (exact) mass is 482 g/mol. The third-order valence-corrected chi connectivity index (χ3v) is 4.85. The van der Waals surface area contributed by atoms with Crippen LogP contribution in [0.25, 0.3) is 11.1 Å². The van der Waals surface area contributed by atoms with Gasteiger partial charge in [-0.1, -0.05) is 24.3 Å². The molecule has 0 saturated carbocycles. The first-order chi connectivity index (χ1) is 16.5. The lowest BCUT2D eigenvalue weighted by Gasteiger charge is -2.23. The predicted molar refractivity (Wildman–Crippen MR) is 129 cm³/mol. The van der Waals surface area contributed by atoms with E-state index in [1.165, 1.54) is 19.2 Å². The molecule has 0 spiro atoms. The van der Waals surface area contributed by atoms with Crippen LogP contribution in [0, 0.1) is 5.82 Å². The normalized spacial score (nSPS) is 11.9. The Hall–Kier alpha value is -4.21. The highest BCUT2D eigenvalue weighted by Gasteiger charge is 2.23. The molecule has 0 saturated heterocycles. The van der Waals surface area contributed by atoms with Crippen molar-refractivity contribution in [3.63, 3.8) is 0 Å². The van der Waals surface area contributed by atoms with Gasteiger partial charge in [0, 0.05) is 5.69 Å². The zero-order valence-corrected chi connectivity index (χ0v) is 19.8. The number of anilines is 1. The summed E-state index contributed by atoms with van der Waals surface area (Å²) in [4.78, 5) is 36.5. The van der Waals surface area contributed by atoms with Gasteiger partial charge in [-0.05, 0) is 68.7 Å². The minimum absolute atomic E-state index is 0.278. The van der Waals surface area contributed by atoms with Gasteiger partial charge in [-0.15, -0.1) is 0 Å². The Morgan fingerprint density at radius 3 is 2.31 bits per heavy atom. The van der Waals surface area contributed by atoms with E-state index in [0.717, 1.165) is 5.56 Å². The maximum atomic E-state index is 13.4. The highest BCUT2D eigenvalue weighted by Crippen LogP contribution is 2.23. The van der Waals surface area contributed by atoms with E-state index in [-0.39, 0.29) is 12.2 Å². The summed E-state index contributed by atoms with van der Waals surface area (Å²) >= 11 is 0. The fourth-order valence-electron chi connectivity index (χ4n) is 3.25. The van der Waals surface area contributed by atoms with Crippen LogP contribution < -0.4 is 16.2 Å². The van der Waals surface area contributed by atoms with Crippen LogP contribution in [0.15, 0.2) is 59.4 Å². The molecule has 3 rings (SSSR count). The van der Waals surface area contributed by atoms with Crippen molar-refractivity contribution in [1.29, 1.82) is 0 Å². The van der Waals surface area contributed by atoms with Gasteiger partial charge < -0.3 is 14.8 Å². The molecule has 1 aromatic heterocycles. The van der Waals surface area contributed by atoms with Crippen molar-refractivity contribution >= 4 is 17.9 Å².